The van der Waals surface area contributed by atoms with E-state index in [4.69, 9.17) is 5.11 Å². The number of amides is 1. The Bertz CT molecular complexity index is 767. The van der Waals surface area contributed by atoms with E-state index in [9.17, 15) is 14.4 Å². The van der Waals surface area contributed by atoms with Crippen molar-refractivity contribution in [1.29, 1.82) is 0 Å². The summed E-state index contributed by atoms with van der Waals surface area (Å²) in [5.41, 5.74) is 1.52. The lowest BCUT2D eigenvalue weighted by atomic mass is 10.2. The van der Waals surface area contributed by atoms with Gasteiger partial charge in [-0.1, -0.05) is 12.1 Å². The third kappa shape index (κ3) is 3.41. The van der Waals surface area contributed by atoms with Gasteiger partial charge in [-0.2, -0.15) is 0 Å². The minimum Gasteiger partial charge on any atom is -0.478 e. The second kappa shape index (κ2) is 6.26. The summed E-state index contributed by atoms with van der Waals surface area (Å²) in [6, 6.07) is 9.10. The van der Waals surface area contributed by atoms with Gasteiger partial charge in [-0.3, -0.25) is 9.59 Å². The molecule has 0 radical (unpaired) electrons. The van der Waals surface area contributed by atoms with Crippen LogP contribution in [-0.2, 0) is 11.3 Å². The van der Waals surface area contributed by atoms with E-state index < -0.39 is 5.97 Å². The molecule has 22 heavy (non-hydrogen) atoms. The van der Waals surface area contributed by atoms with Crippen LogP contribution in [0.2, 0.25) is 0 Å². The molecule has 0 atom stereocenters. The molecule has 0 saturated carbocycles. The predicted molar refractivity (Wildman–Crippen MR) is 82.2 cm³/mol. The number of nitrogens with zero attached hydrogens (tertiary/aromatic N) is 1. The number of hydrogen-bond donors (Lipinski definition) is 2. The molecule has 1 aromatic heterocycles. The minimum atomic E-state index is -1.10. The molecule has 2 aromatic rings. The Morgan fingerprint density at radius 3 is 2.32 bits per heavy atom. The molecule has 0 aliphatic heterocycles. The fourth-order valence-corrected chi connectivity index (χ4v) is 2.25. The summed E-state index contributed by atoms with van der Waals surface area (Å²) in [6.45, 7) is 3.49. The van der Waals surface area contributed by atoms with Crippen LogP contribution in [0.3, 0.4) is 0 Å². The van der Waals surface area contributed by atoms with Crippen molar-refractivity contribution in [2.75, 3.05) is 5.32 Å². The van der Waals surface area contributed by atoms with Crippen molar-refractivity contribution in [1.82, 2.24) is 4.57 Å². The van der Waals surface area contributed by atoms with Gasteiger partial charge < -0.3 is 15.0 Å². The van der Waals surface area contributed by atoms with Gasteiger partial charge in [-0.25, -0.2) is 4.79 Å². The summed E-state index contributed by atoms with van der Waals surface area (Å²) < 4.78 is 1.69. The molecular weight excluding hydrogens is 284 g/mol. The first-order valence-corrected chi connectivity index (χ1v) is 6.69. The molecule has 0 unspecified atom stereocenters. The van der Waals surface area contributed by atoms with E-state index in [0.717, 1.165) is 0 Å². The summed E-state index contributed by atoms with van der Waals surface area (Å²) in [4.78, 5) is 34.6. The Kier molecular flexibility index (Phi) is 4.41. The summed E-state index contributed by atoms with van der Waals surface area (Å²) in [5.74, 6) is -1.46. The number of hydrogen-bond acceptors (Lipinski definition) is 3. The molecule has 2 rings (SSSR count). The molecule has 2 N–H and O–H groups in total. The SMILES string of the molecule is Cc1cc(=O)cc(C)n1CC(=O)Nc1ccccc1C(=O)O. The van der Waals surface area contributed by atoms with E-state index in [1.807, 2.05) is 0 Å². The van der Waals surface area contributed by atoms with Crippen LogP contribution in [0.5, 0.6) is 0 Å². The highest BCUT2D eigenvalue weighted by atomic mass is 16.4. The number of para-hydroxylation sites is 1. The number of carbonyl (C=O) groups excluding carboxylic acids is 1. The summed E-state index contributed by atoms with van der Waals surface area (Å²) >= 11 is 0. The third-order valence-corrected chi connectivity index (χ3v) is 3.29. The molecule has 0 aliphatic carbocycles. The summed E-state index contributed by atoms with van der Waals surface area (Å²) in [6.07, 6.45) is 0. The van der Waals surface area contributed by atoms with E-state index in [-0.39, 0.29) is 29.1 Å². The Morgan fingerprint density at radius 1 is 1.14 bits per heavy atom. The van der Waals surface area contributed by atoms with Crippen molar-refractivity contribution < 1.29 is 14.7 Å². The first-order valence-electron chi connectivity index (χ1n) is 6.69. The lowest BCUT2D eigenvalue weighted by molar-refractivity contribution is -0.116. The van der Waals surface area contributed by atoms with E-state index in [2.05, 4.69) is 5.32 Å². The molecule has 6 heteroatoms. The van der Waals surface area contributed by atoms with Crippen LogP contribution in [0, 0.1) is 13.8 Å². The van der Waals surface area contributed by atoms with Crippen molar-refractivity contribution >= 4 is 17.6 Å². The van der Waals surface area contributed by atoms with Crippen LogP contribution in [0.1, 0.15) is 21.7 Å². The van der Waals surface area contributed by atoms with Crippen LogP contribution in [-0.4, -0.2) is 21.6 Å². The fourth-order valence-electron chi connectivity index (χ4n) is 2.25. The number of aromatic carboxylic acids is 1. The van der Waals surface area contributed by atoms with E-state index >= 15 is 0 Å². The van der Waals surface area contributed by atoms with Crippen LogP contribution >= 0.6 is 0 Å². The molecule has 6 nitrogen and oxygen atoms in total. The third-order valence-electron chi connectivity index (χ3n) is 3.29. The topological polar surface area (TPSA) is 88.4 Å². The highest BCUT2D eigenvalue weighted by molar-refractivity contribution is 6.00. The second-order valence-corrected chi connectivity index (χ2v) is 4.96. The van der Waals surface area contributed by atoms with Crippen molar-refractivity contribution in [3.05, 3.63) is 63.6 Å². The monoisotopic (exact) mass is 300 g/mol. The number of anilines is 1. The van der Waals surface area contributed by atoms with E-state index in [1.165, 1.54) is 24.3 Å². The lowest BCUT2D eigenvalue weighted by Crippen LogP contribution is -2.24. The number of carboxylic acids is 1. The minimum absolute atomic E-state index is 0.00585. The zero-order chi connectivity index (χ0) is 16.3. The van der Waals surface area contributed by atoms with Crippen LogP contribution in [0.15, 0.2) is 41.2 Å². The first-order chi connectivity index (χ1) is 10.4. The molecule has 1 aromatic carbocycles. The molecule has 0 fully saturated rings. The van der Waals surface area contributed by atoms with Gasteiger partial charge in [0.05, 0.1) is 11.3 Å². The van der Waals surface area contributed by atoms with Crippen LogP contribution in [0.4, 0.5) is 5.69 Å². The quantitative estimate of drug-likeness (QED) is 0.901. The Labute approximate surface area is 127 Å². The number of aromatic nitrogens is 1. The van der Waals surface area contributed by atoms with Gasteiger partial charge >= 0.3 is 5.97 Å². The summed E-state index contributed by atoms with van der Waals surface area (Å²) in [7, 11) is 0. The number of carboxylic acid groups (broad SMARTS) is 1. The van der Waals surface area contributed by atoms with Gasteiger partial charge in [-0.15, -0.1) is 0 Å². The smallest absolute Gasteiger partial charge is 0.337 e. The average Bonchev–Trinajstić information content (AvgIpc) is 2.43. The van der Waals surface area contributed by atoms with E-state index in [1.54, 1.807) is 30.5 Å². The summed E-state index contributed by atoms with van der Waals surface area (Å²) in [5, 5.41) is 11.7. The zero-order valence-corrected chi connectivity index (χ0v) is 12.3. The molecule has 114 valence electrons. The van der Waals surface area contributed by atoms with Crippen LogP contribution < -0.4 is 10.7 Å². The van der Waals surface area contributed by atoms with Crippen LogP contribution in [0.25, 0.3) is 0 Å². The fraction of sp³-hybridized carbons (Fsp3) is 0.188. The van der Waals surface area contributed by atoms with Gasteiger partial charge in [0.1, 0.15) is 6.54 Å². The Morgan fingerprint density at radius 2 is 1.73 bits per heavy atom. The molecule has 0 spiro atoms. The highest BCUT2D eigenvalue weighted by Crippen LogP contribution is 2.15. The normalized spacial score (nSPS) is 10.3. The Hall–Kier alpha value is -2.89. The van der Waals surface area contributed by atoms with Gasteiger partial charge in [0.25, 0.3) is 0 Å². The molecule has 1 heterocycles. The molecule has 0 saturated heterocycles. The molecule has 1 amide bonds. The zero-order valence-electron chi connectivity index (χ0n) is 12.3. The standard InChI is InChI=1S/C16H16N2O4/c1-10-7-12(19)8-11(2)18(10)9-15(20)17-14-6-4-3-5-13(14)16(21)22/h3-8H,9H2,1-2H3,(H,17,20)(H,21,22). The number of pyridine rings is 1. The van der Waals surface area contributed by atoms with E-state index in [0.29, 0.717) is 11.4 Å². The van der Waals surface area contributed by atoms with Gasteiger partial charge in [-0.05, 0) is 26.0 Å². The number of carbonyl (C=O) groups is 2. The number of rotatable bonds is 4. The maximum atomic E-state index is 12.1. The highest BCUT2D eigenvalue weighted by Gasteiger charge is 2.13. The van der Waals surface area contributed by atoms with Gasteiger partial charge in [0.2, 0.25) is 5.91 Å². The van der Waals surface area contributed by atoms with Crippen molar-refractivity contribution in [2.45, 2.75) is 20.4 Å². The van der Waals surface area contributed by atoms with Gasteiger partial charge in [0.15, 0.2) is 5.43 Å². The predicted octanol–water partition coefficient (Wildman–Crippen LogP) is 1.80. The Balaban J connectivity index is 2.22. The van der Waals surface area contributed by atoms with Crippen molar-refractivity contribution in [3.8, 4) is 0 Å². The average molecular weight is 300 g/mol. The molecule has 0 bridgehead atoms. The largest absolute Gasteiger partial charge is 0.478 e. The maximum absolute atomic E-state index is 12.1. The maximum Gasteiger partial charge on any atom is 0.337 e. The van der Waals surface area contributed by atoms with Crippen molar-refractivity contribution in [3.63, 3.8) is 0 Å². The first kappa shape index (κ1) is 15.5. The van der Waals surface area contributed by atoms with Gasteiger partial charge in [0, 0.05) is 23.5 Å². The molecule has 0 aliphatic rings. The molecular formula is C16H16N2O4. The lowest BCUT2D eigenvalue weighted by Gasteiger charge is -2.14. The number of aryl methyl sites for hydroxylation is 2. The number of benzene rings is 1. The second-order valence-electron chi connectivity index (χ2n) is 4.96. The number of nitrogens with one attached hydrogen (secondary N) is 1. The van der Waals surface area contributed by atoms with Crippen molar-refractivity contribution in [2.24, 2.45) is 0 Å².